The number of methoxy groups -OCH3 is 1. The highest BCUT2D eigenvalue weighted by Crippen LogP contribution is 2.41. The van der Waals surface area contributed by atoms with Gasteiger partial charge in [-0.1, -0.05) is 18.6 Å². The summed E-state index contributed by atoms with van der Waals surface area (Å²) in [6.07, 6.45) is 4.24. The van der Waals surface area contributed by atoms with Crippen molar-refractivity contribution in [3.8, 4) is 5.75 Å². The van der Waals surface area contributed by atoms with Gasteiger partial charge in [-0.3, -0.25) is 4.90 Å². The van der Waals surface area contributed by atoms with Crippen molar-refractivity contribution >= 4 is 0 Å². The van der Waals surface area contributed by atoms with E-state index in [1.807, 2.05) is 6.07 Å². The number of likely N-dealkylation sites (tertiary alicyclic amines) is 1. The summed E-state index contributed by atoms with van der Waals surface area (Å²) < 4.78 is 5.36. The van der Waals surface area contributed by atoms with E-state index in [9.17, 15) is 0 Å². The van der Waals surface area contributed by atoms with Crippen LogP contribution in [0.15, 0.2) is 24.3 Å². The number of benzene rings is 1. The molecule has 110 valence electrons. The molecule has 0 spiro atoms. The predicted octanol–water partition coefficient (Wildman–Crippen LogP) is 2.82. The van der Waals surface area contributed by atoms with Crippen LogP contribution in [0, 0.1) is 11.8 Å². The van der Waals surface area contributed by atoms with Crippen LogP contribution in [0.1, 0.15) is 37.8 Å². The Morgan fingerprint density at radius 2 is 1.95 bits per heavy atom. The van der Waals surface area contributed by atoms with E-state index < -0.39 is 0 Å². The van der Waals surface area contributed by atoms with Gasteiger partial charge in [-0.25, -0.2) is 0 Å². The summed E-state index contributed by atoms with van der Waals surface area (Å²) in [5.41, 5.74) is 7.60. The van der Waals surface area contributed by atoms with Gasteiger partial charge in [-0.15, -0.1) is 0 Å². The molecule has 0 bridgehead atoms. The average molecular weight is 274 g/mol. The maximum absolute atomic E-state index is 6.31. The fourth-order valence-electron chi connectivity index (χ4n) is 4.17. The Hall–Kier alpha value is -1.06. The third kappa shape index (κ3) is 2.57. The summed E-state index contributed by atoms with van der Waals surface area (Å²) in [6.45, 7) is 4.56. The Morgan fingerprint density at radius 1 is 1.25 bits per heavy atom. The maximum Gasteiger partial charge on any atom is 0.119 e. The molecule has 1 aliphatic heterocycles. The first-order chi connectivity index (χ1) is 9.69. The Morgan fingerprint density at radius 3 is 2.55 bits per heavy atom. The van der Waals surface area contributed by atoms with Crippen molar-refractivity contribution in [2.75, 3.05) is 20.2 Å². The van der Waals surface area contributed by atoms with E-state index in [1.165, 1.54) is 37.9 Å². The van der Waals surface area contributed by atoms with Crippen LogP contribution < -0.4 is 10.5 Å². The molecule has 4 atom stereocenters. The van der Waals surface area contributed by atoms with Crippen LogP contribution in [0.4, 0.5) is 0 Å². The van der Waals surface area contributed by atoms with Crippen molar-refractivity contribution in [2.24, 2.45) is 17.6 Å². The number of hydrogen-bond acceptors (Lipinski definition) is 3. The van der Waals surface area contributed by atoms with Crippen LogP contribution in [-0.4, -0.2) is 31.1 Å². The Kier molecular flexibility index (Phi) is 3.99. The van der Waals surface area contributed by atoms with Gasteiger partial charge in [-0.2, -0.15) is 0 Å². The molecule has 1 saturated carbocycles. The molecule has 1 aromatic carbocycles. The molecule has 1 saturated heterocycles. The third-order valence-electron chi connectivity index (χ3n) is 5.08. The van der Waals surface area contributed by atoms with Gasteiger partial charge >= 0.3 is 0 Å². The first-order valence-corrected chi connectivity index (χ1v) is 7.82. The topological polar surface area (TPSA) is 38.5 Å². The SMILES string of the molecule is COc1cccc(C(C(C)N)N2CC3CCCC3C2)c1. The number of hydrogen-bond donors (Lipinski definition) is 1. The second kappa shape index (κ2) is 5.74. The molecule has 1 aromatic rings. The third-order valence-corrected chi connectivity index (χ3v) is 5.08. The van der Waals surface area contributed by atoms with Gasteiger partial charge in [0, 0.05) is 25.2 Å². The average Bonchev–Trinajstić information content (AvgIpc) is 3.00. The molecule has 3 heteroatoms. The summed E-state index contributed by atoms with van der Waals surface area (Å²) in [4.78, 5) is 2.61. The molecule has 1 aliphatic carbocycles. The van der Waals surface area contributed by atoms with Crippen LogP contribution in [-0.2, 0) is 0 Å². The van der Waals surface area contributed by atoms with Crippen molar-refractivity contribution in [1.29, 1.82) is 0 Å². The number of ether oxygens (including phenoxy) is 1. The fraction of sp³-hybridized carbons (Fsp3) is 0.647. The van der Waals surface area contributed by atoms with Crippen molar-refractivity contribution < 1.29 is 4.74 Å². The van der Waals surface area contributed by atoms with Gasteiger partial charge in [-0.05, 0) is 49.3 Å². The molecule has 2 N–H and O–H groups in total. The van der Waals surface area contributed by atoms with Crippen LogP contribution >= 0.6 is 0 Å². The monoisotopic (exact) mass is 274 g/mol. The van der Waals surface area contributed by atoms with Gasteiger partial charge in [0.25, 0.3) is 0 Å². The number of nitrogens with two attached hydrogens (primary N) is 1. The van der Waals surface area contributed by atoms with E-state index in [-0.39, 0.29) is 6.04 Å². The largest absolute Gasteiger partial charge is 0.497 e. The molecule has 3 rings (SSSR count). The van der Waals surface area contributed by atoms with Crippen LogP contribution in [0.3, 0.4) is 0 Å². The van der Waals surface area contributed by atoms with E-state index in [0.717, 1.165) is 17.6 Å². The summed E-state index contributed by atoms with van der Waals surface area (Å²) in [5.74, 6) is 2.73. The highest BCUT2D eigenvalue weighted by Gasteiger charge is 2.39. The Labute approximate surface area is 122 Å². The van der Waals surface area contributed by atoms with Crippen LogP contribution in [0.5, 0.6) is 5.75 Å². The van der Waals surface area contributed by atoms with E-state index >= 15 is 0 Å². The molecule has 3 nitrogen and oxygen atoms in total. The Bertz CT molecular complexity index is 448. The van der Waals surface area contributed by atoms with E-state index in [2.05, 4.69) is 30.0 Å². The van der Waals surface area contributed by atoms with E-state index in [4.69, 9.17) is 10.5 Å². The van der Waals surface area contributed by atoms with Crippen molar-refractivity contribution in [2.45, 2.75) is 38.3 Å². The van der Waals surface area contributed by atoms with Crippen molar-refractivity contribution in [1.82, 2.24) is 4.90 Å². The molecular formula is C17H26N2O. The molecule has 20 heavy (non-hydrogen) atoms. The quantitative estimate of drug-likeness (QED) is 0.917. The van der Waals surface area contributed by atoms with Crippen molar-refractivity contribution in [3.63, 3.8) is 0 Å². The lowest BCUT2D eigenvalue weighted by Gasteiger charge is -2.32. The smallest absolute Gasteiger partial charge is 0.119 e. The van der Waals surface area contributed by atoms with Gasteiger partial charge < -0.3 is 10.5 Å². The molecule has 0 aromatic heterocycles. The summed E-state index contributed by atoms with van der Waals surface area (Å²) >= 11 is 0. The van der Waals surface area contributed by atoms with Crippen LogP contribution in [0.25, 0.3) is 0 Å². The molecule has 2 fully saturated rings. The first-order valence-electron chi connectivity index (χ1n) is 7.82. The lowest BCUT2D eigenvalue weighted by molar-refractivity contribution is 0.202. The normalized spacial score (nSPS) is 29.1. The van der Waals surface area contributed by atoms with Gasteiger partial charge in [0.15, 0.2) is 0 Å². The second-order valence-corrected chi connectivity index (χ2v) is 6.49. The zero-order valence-electron chi connectivity index (χ0n) is 12.6. The predicted molar refractivity (Wildman–Crippen MR) is 81.8 cm³/mol. The summed E-state index contributed by atoms with van der Waals surface area (Å²) in [7, 11) is 1.72. The van der Waals surface area contributed by atoms with Crippen LogP contribution in [0.2, 0.25) is 0 Å². The molecule has 0 amide bonds. The van der Waals surface area contributed by atoms with Gasteiger partial charge in [0.05, 0.1) is 7.11 Å². The fourth-order valence-corrected chi connectivity index (χ4v) is 4.17. The first kappa shape index (κ1) is 13.9. The number of fused-ring (bicyclic) bond motifs is 1. The minimum atomic E-state index is 0.140. The summed E-state index contributed by atoms with van der Waals surface area (Å²) in [5, 5.41) is 0. The van der Waals surface area contributed by atoms with E-state index in [0.29, 0.717) is 6.04 Å². The molecule has 1 heterocycles. The number of rotatable bonds is 4. The molecular weight excluding hydrogens is 248 g/mol. The van der Waals surface area contributed by atoms with E-state index in [1.54, 1.807) is 7.11 Å². The zero-order valence-corrected chi connectivity index (χ0v) is 12.6. The summed E-state index contributed by atoms with van der Waals surface area (Å²) in [6, 6.07) is 8.85. The lowest BCUT2D eigenvalue weighted by atomic mass is 9.99. The standard InChI is InChI=1S/C17H26N2O/c1-12(18)17(13-5-4-8-16(9-13)20-2)19-10-14-6-3-7-15(14)11-19/h4-5,8-9,12,14-15,17H,3,6-7,10-11,18H2,1-2H3. The lowest BCUT2D eigenvalue weighted by Crippen LogP contribution is -2.38. The minimum absolute atomic E-state index is 0.140. The number of nitrogens with zero attached hydrogens (tertiary/aromatic N) is 1. The second-order valence-electron chi connectivity index (χ2n) is 6.49. The molecule has 0 radical (unpaired) electrons. The zero-order chi connectivity index (χ0) is 14.1. The highest BCUT2D eigenvalue weighted by atomic mass is 16.5. The van der Waals surface area contributed by atoms with Crippen molar-refractivity contribution in [3.05, 3.63) is 29.8 Å². The molecule has 4 unspecified atom stereocenters. The maximum atomic E-state index is 6.31. The Balaban J connectivity index is 1.82. The minimum Gasteiger partial charge on any atom is -0.497 e. The highest BCUT2D eigenvalue weighted by molar-refractivity contribution is 5.31. The molecule has 2 aliphatic rings. The van der Waals surface area contributed by atoms with Gasteiger partial charge in [0.2, 0.25) is 0 Å². The van der Waals surface area contributed by atoms with Gasteiger partial charge in [0.1, 0.15) is 5.75 Å².